The average molecular weight is 544 g/mol. The Bertz CT molecular complexity index is 1270. The molecule has 2 heterocycles. The monoisotopic (exact) mass is 543 g/mol. The topological polar surface area (TPSA) is 80.2 Å². The van der Waals surface area contributed by atoms with E-state index in [9.17, 15) is 22.8 Å². The molecule has 3 aliphatic rings. The van der Waals surface area contributed by atoms with Crippen LogP contribution in [0.4, 0.5) is 13.2 Å². The van der Waals surface area contributed by atoms with E-state index in [0.29, 0.717) is 36.4 Å². The van der Waals surface area contributed by atoms with Crippen molar-refractivity contribution >= 4 is 18.2 Å². The molecule has 1 N–H and O–H groups in total. The predicted octanol–water partition coefficient (Wildman–Crippen LogP) is 3.45. The third kappa shape index (κ3) is 7.04. The molecule has 1 amide bonds. The van der Waals surface area contributed by atoms with Crippen LogP contribution in [0.25, 0.3) is 0 Å². The van der Waals surface area contributed by atoms with Crippen LogP contribution in [0.1, 0.15) is 11.1 Å². The van der Waals surface area contributed by atoms with Crippen molar-refractivity contribution in [2.75, 3.05) is 33.2 Å². The number of piperidine rings is 1. The van der Waals surface area contributed by atoms with Gasteiger partial charge in [-0.3, -0.25) is 19.0 Å². The molecular weight excluding hydrogens is 513 g/mol. The molecule has 1 saturated carbocycles. The second kappa shape index (κ2) is 10.8. The number of carbonyl (C=O) groups excluding carboxylic acids is 2. The molecule has 2 aromatic carbocycles. The number of ether oxygens (including phenoxy) is 2. The van der Waals surface area contributed by atoms with Crippen molar-refractivity contribution in [2.24, 2.45) is 22.7 Å². The highest BCUT2D eigenvalue weighted by Gasteiger charge is 2.55. The summed E-state index contributed by atoms with van der Waals surface area (Å²) in [5.41, 5.74) is 1.84. The van der Waals surface area contributed by atoms with Gasteiger partial charge in [-0.2, -0.15) is 4.99 Å². The van der Waals surface area contributed by atoms with Gasteiger partial charge in [-0.1, -0.05) is 42.5 Å². The summed E-state index contributed by atoms with van der Waals surface area (Å²) in [6.07, 6.45) is -1.49. The maximum absolute atomic E-state index is 12.7. The molecule has 0 spiro atoms. The first-order chi connectivity index (χ1) is 18.6. The number of hydrogen-bond donors (Lipinski definition) is 1. The normalized spacial score (nSPS) is 25.6. The molecule has 206 valence electrons. The van der Waals surface area contributed by atoms with Crippen molar-refractivity contribution in [3.05, 3.63) is 77.6 Å². The van der Waals surface area contributed by atoms with Gasteiger partial charge in [-0.15, -0.1) is 13.2 Å². The smallest absolute Gasteiger partial charge is 0.460 e. The fraction of sp³-hybridized carbons (Fsp3) is 0.393. The van der Waals surface area contributed by atoms with Crippen molar-refractivity contribution < 1.29 is 36.7 Å². The Kier molecular flexibility index (Phi) is 7.46. The number of nitrogens with zero attached hydrogens (tertiary/aromatic N) is 3. The largest absolute Gasteiger partial charge is 0.573 e. The van der Waals surface area contributed by atoms with Crippen molar-refractivity contribution in [1.29, 1.82) is 0 Å². The molecular formula is C28H30F3N4O4+. The van der Waals surface area contributed by atoms with Crippen LogP contribution in [0.3, 0.4) is 0 Å². The summed E-state index contributed by atoms with van der Waals surface area (Å²) >= 11 is 0. The Balaban J connectivity index is 1.04. The highest BCUT2D eigenvalue weighted by atomic mass is 19.4. The number of amides is 1. The summed E-state index contributed by atoms with van der Waals surface area (Å²) in [6.45, 7) is 2.99. The third-order valence-corrected chi connectivity index (χ3v) is 7.31. The van der Waals surface area contributed by atoms with Crippen LogP contribution in [0.15, 0.2) is 71.5 Å². The number of alkyl halides is 3. The highest BCUT2D eigenvalue weighted by molar-refractivity contribution is 5.94. The van der Waals surface area contributed by atoms with E-state index >= 15 is 0 Å². The van der Waals surface area contributed by atoms with E-state index in [4.69, 9.17) is 4.74 Å². The van der Waals surface area contributed by atoms with Crippen LogP contribution in [0, 0.1) is 17.8 Å². The van der Waals surface area contributed by atoms with Gasteiger partial charge >= 0.3 is 12.3 Å². The summed E-state index contributed by atoms with van der Waals surface area (Å²) in [4.78, 5) is 31.3. The van der Waals surface area contributed by atoms with E-state index < -0.39 is 6.36 Å². The van der Waals surface area contributed by atoms with Gasteiger partial charge in [0.05, 0.1) is 13.6 Å². The lowest BCUT2D eigenvalue weighted by atomic mass is 10.2. The van der Waals surface area contributed by atoms with Crippen molar-refractivity contribution in [2.45, 2.75) is 19.5 Å². The van der Waals surface area contributed by atoms with E-state index in [-0.39, 0.29) is 41.0 Å². The van der Waals surface area contributed by atoms with Gasteiger partial charge in [0.15, 0.2) is 12.0 Å². The SMILES string of the molecule is C[N+]1(Cc2cccc(OC(F)(F)F)c2)C=NC(C(=O)NCC2C3CN(CC(=O)OCc4ccccc4)CC23)=C1. The number of likely N-dealkylation sites (tertiary alicyclic amines) is 1. The van der Waals surface area contributed by atoms with Crippen LogP contribution < -0.4 is 10.1 Å². The van der Waals surface area contributed by atoms with Crippen LogP contribution in [-0.2, 0) is 27.5 Å². The van der Waals surface area contributed by atoms with Gasteiger partial charge in [0.2, 0.25) is 0 Å². The number of benzene rings is 2. The van der Waals surface area contributed by atoms with Gasteiger partial charge in [0, 0.05) is 25.2 Å². The quantitative estimate of drug-likeness (QED) is 0.367. The molecule has 8 nitrogen and oxygen atoms in total. The third-order valence-electron chi connectivity index (χ3n) is 7.31. The minimum absolute atomic E-state index is 0.141. The summed E-state index contributed by atoms with van der Waals surface area (Å²) in [6, 6.07) is 15.3. The molecule has 3 atom stereocenters. The Morgan fingerprint density at radius 1 is 1.08 bits per heavy atom. The van der Waals surface area contributed by atoms with Gasteiger partial charge in [-0.05, 0) is 35.4 Å². The van der Waals surface area contributed by atoms with E-state index in [0.717, 1.165) is 18.7 Å². The second-order valence-corrected chi connectivity index (χ2v) is 10.5. The van der Waals surface area contributed by atoms with E-state index in [2.05, 4.69) is 19.9 Å². The first-order valence-corrected chi connectivity index (χ1v) is 12.7. The standard InChI is InChI=1S/C28H29F3N4O4/c1-35(15-20-8-5-9-21(10-20)39-28(29,30)31)16-25(33-18-35)27(37)32-11-22-23-12-34(13-24(22)23)14-26(36)38-17-19-6-3-2-4-7-19/h2-10,16,18,22-24H,11-15,17H2,1H3/p+1. The van der Waals surface area contributed by atoms with Gasteiger partial charge < -0.3 is 14.8 Å². The zero-order valence-electron chi connectivity index (χ0n) is 21.4. The molecule has 0 bridgehead atoms. The first-order valence-electron chi connectivity index (χ1n) is 12.7. The molecule has 11 heteroatoms. The van der Waals surface area contributed by atoms with Crippen LogP contribution >= 0.6 is 0 Å². The fourth-order valence-corrected chi connectivity index (χ4v) is 5.41. The summed E-state index contributed by atoms with van der Waals surface area (Å²) < 4.78 is 47.1. The van der Waals surface area contributed by atoms with E-state index in [1.807, 2.05) is 37.4 Å². The van der Waals surface area contributed by atoms with Gasteiger partial charge in [0.25, 0.3) is 5.91 Å². The minimum Gasteiger partial charge on any atom is -0.460 e. The molecule has 3 unspecified atom stereocenters. The molecule has 0 aromatic heterocycles. The number of quaternary nitrogens is 1. The highest BCUT2D eigenvalue weighted by Crippen LogP contribution is 2.51. The number of halogens is 3. The van der Waals surface area contributed by atoms with Crippen LogP contribution in [-0.4, -0.2) is 67.2 Å². The number of aliphatic imine (C=N–C) groups is 1. The molecule has 39 heavy (non-hydrogen) atoms. The second-order valence-electron chi connectivity index (χ2n) is 10.5. The van der Waals surface area contributed by atoms with Crippen LogP contribution in [0.5, 0.6) is 5.75 Å². The zero-order chi connectivity index (χ0) is 27.6. The Labute approximate surface area is 224 Å². The number of esters is 1. The lowest BCUT2D eigenvalue weighted by molar-refractivity contribution is -0.771. The number of carbonyl (C=O) groups is 2. The summed E-state index contributed by atoms with van der Waals surface area (Å²) in [7, 11) is 1.81. The maximum Gasteiger partial charge on any atom is 0.573 e. The zero-order valence-corrected chi connectivity index (χ0v) is 21.4. The van der Waals surface area contributed by atoms with Crippen LogP contribution in [0.2, 0.25) is 0 Å². The summed E-state index contributed by atoms with van der Waals surface area (Å²) in [5, 5.41) is 2.96. The average Bonchev–Trinajstić information content (AvgIpc) is 3.15. The van der Waals surface area contributed by atoms with Crippen molar-refractivity contribution in [1.82, 2.24) is 10.2 Å². The predicted molar refractivity (Wildman–Crippen MR) is 136 cm³/mol. The number of fused-ring (bicyclic) bond motifs is 1. The van der Waals surface area contributed by atoms with Gasteiger partial charge in [-0.25, -0.2) is 0 Å². The van der Waals surface area contributed by atoms with Gasteiger partial charge in [0.1, 0.15) is 25.1 Å². The Morgan fingerprint density at radius 2 is 1.79 bits per heavy atom. The molecule has 2 aliphatic heterocycles. The molecule has 1 aliphatic carbocycles. The molecule has 0 radical (unpaired) electrons. The maximum atomic E-state index is 12.7. The Hall–Kier alpha value is -3.70. The lowest BCUT2D eigenvalue weighted by Crippen LogP contribution is -2.35. The lowest BCUT2D eigenvalue weighted by Gasteiger charge is -2.22. The number of rotatable bonds is 10. The molecule has 5 rings (SSSR count). The molecule has 2 fully saturated rings. The minimum atomic E-state index is -4.76. The summed E-state index contributed by atoms with van der Waals surface area (Å²) in [5.74, 6) is 0.447. The molecule has 2 aromatic rings. The van der Waals surface area contributed by atoms with Crippen molar-refractivity contribution in [3.63, 3.8) is 0 Å². The van der Waals surface area contributed by atoms with Crippen molar-refractivity contribution in [3.8, 4) is 5.75 Å². The van der Waals surface area contributed by atoms with E-state index in [1.54, 1.807) is 18.6 Å². The molecule has 1 saturated heterocycles. The number of hydrogen-bond acceptors (Lipinski definition) is 6. The Morgan fingerprint density at radius 3 is 2.51 bits per heavy atom. The fourth-order valence-electron chi connectivity index (χ4n) is 5.41. The first kappa shape index (κ1) is 26.9. The van der Waals surface area contributed by atoms with E-state index in [1.165, 1.54) is 18.2 Å². The number of nitrogens with one attached hydrogen (secondary N) is 1.